The lowest BCUT2D eigenvalue weighted by molar-refractivity contribution is -0.140. The standard InChI is InChI=1S/C20H28N2O3.C19H32N2O4.2C17H30N2O3.C15H26N2O3/c1-13(2)17-9-6-10-22(17)19(23)18(21-20(24)25-3)16-11-14-7-4-5-8-15(14)12-16;1-12(2)16-11-14-5-4-6-15(14)21(16)18(22)17(20-19(23)24-3)13-7-9-25-10-8-13;2*1-10(2)14-9-12-7-6-8-13(12)19(14)16(20)15(11(3)4)18-17(21)22-5;1-9(2)12-7-11(5)8-17(12)14(18)13(10(3)4)16-15(19)20-6/h4-5,7-8,13,16-18H,6,9-12H2,1-3H3,(H,21,24);12-17H,4-11H2,1-3H3,(H,20,23);2*10-15H,6-9H2,1-5H3,(H,18,21);9-10,12-13H,5,7-8H2,1-4,6H3,(H,16,19)/t17-,18-;14?,15-,16-,17-;2*12?,13-,14-,15-;12-,13-/m00000/s1. The van der Waals surface area contributed by atoms with E-state index in [2.05, 4.69) is 143 Å². The fourth-order valence-corrected chi connectivity index (χ4v) is 20.1. The molecule has 0 aromatic heterocycles. The lowest BCUT2D eigenvalue weighted by atomic mass is 9.90. The van der Waals surface area contributed by atoms with Gasteiger partial charge in [0.15, 0.2) is 0 Å². The zero-order valence-corrected chi connectivity index (χ0v) is 73.1. The number of ether oxygens (including phenoxy) is 6. The Hall–Kier alpha value is -7.38. The van der Waals surface area contributed by atoms with Gasteiger partial charge in [-0.1, -0.05) is 166 Å². The molecule has 3 unspecified atom stereocenters. The second-order valence-electron chi connectivity index (χ2n) is 36.6. The molecule has 5 N–H and O–H groups in total. The molecule has 3 saturated carbocycles. The van der Waals surface area contributed by atoms with Crippen LogP contribution in [-0.4, -0.2) is 225 Å². The molecule has 6 aliphatic heterocycles. The maximum atomic E-state index is 13.6. The van der Waals surface area contributed by atoms with E-state index in [1.807, 2.05) is 63.5 Å². The van der Waals surface area contributed by atoms with E-state index < -0.39 is 60.7 Å². The minimum atomic E-state index is -0.573. The van der Waals surface area contributed by atoms with Crippen LogP contribution in [0.25, 0.3) is 0 Å². The third-order valence-electron chi connectivity index (χ3n) is 26.3. The molecule has 26 nitrogen and oxygen atoms in total. The molecule has 0 bridgehead atoms. The number of carbonyl (C=O) groups is 10. The van der Waals surface area contributed by atoms with Crippen LogP contribution in [0, 0.1) is 76.9 Å². The number of carbonyl (C=O) groups excluding carboxylic acids is 10. The zero-order valence-electron chi connectivity index (χ0n) is 73.1. The van der Waals surface area contributed by atoms with Crippen molar-refractivity contribution >= 4 is 60.0 Å². The number of alkyl carbamates (subject to hydrolysis) is 5. The van der Waals surface area contributed by atoms with E-state index in [0.717, 1.165) is 95.6 Å². The van der Waals surface area contributed by atoms with Gasteiger partial charge in [0.2, 0.25) is 29.5 Å². The number of amides is 10. The smallest absolute Gasteiger partial charge is 0.407 e. The molecule has 6 heterocycles. The summed E-state index contributed by atoms with van der Waals surface area (Å²) < 4.78 is 29.0. The monoisotopic (exact) mass is 1600 g/mol. The van der Waals surface area contributed by atoms with Crippen molar-refractivity contribution in [2.45, 2.75) is 311 Å². The van der Waals surface area contributed by atoms with Crippen LogP contribution in [0.3, 0.4) is 0 Å². The van der Waals surface area contributed by atoms with E-state index >= 15 is 0 Å². The van der Waals surface area contributed by atoms with Crippen molar-refractivity contribution in [1.29, 1.82) is 0 Å². The van der Waals surface area contributed by atoms with E-state index in [1.54, 1.807) is 0 Å². The van der Waals surface area contributed by atoms with Crippen LogP contribution in [0.1, 0.15) is 231 Å². The van der Waals surface area contributed by atoms with Gasteiger partial charge in [-0.2, -0.15) is 0 Å². The first-order valence-electron chi connectivity index (χ1n) is 43.1. The normalized spacial score (nSPS) is 26.2. The number of rotatable bonds is 20. The summed E-state index contributed by atoms with van der Waals surface area (Å²) in [5, 5.41) is 13.8. The van der Waals surface area contributed by atoms with Crippen molar-refractivity contribution < 1.29 is 76.4 Å². The highest BCUT2D eigenvalue weighted by molar-refractivity contribution is 5.90. The second-order valence-corrected chi connectivity index (χ2v) is 36.6. The molecular weight excluding hydrogens is 1450 g/mol. The molecule has 1 aromatic carbocycles. The molecule has 0 spiro atoms. The van der Waals surface area contributed by atoms with Crippen molar-refractivity contribution in [2.75, 3.05) is 61.9 Å². The van der Waals surface area contributed by atoms with Crippen molar-refractivity contribution in [1.82, 2.24) is 51.1 Å². The summed E-state index contributed by atoms with van der Waals surface area (Å²) in [5.41, 5.74) is 3.62. The Morgan fingerprint density at radius 2 is 0.719 bits per heavy atom. The van der Waals surface area contributed by atoms with Gasteiger partial charge < -0.3 is 79.5 Å². The molecule has 1 aromatic rings. The summed E-state index contributed by atoms with van der Waals surface area (Å²) in [6, 6.07) is 8.05. The fraction of sp³-hybridized carbons (Fsp3) is 0.795. The van der Waals surface area contributed by atoms with Gasteiger partial charge in [0.05, 0.1) is 35.5 Å². The third-order valence-corrected chi connectivity index (χ3v) is 26.3. The van der Waals surface area contributed by atoms with Crippen LogP contribution in [0.15, 0.2) is 36.4 Å². The number of fused-ring (bicyclic) bond motifs is 4. The molecule has 26 heteroatoms. The molecular formula is C88H146N10O16. The van der Waals surface area contributed by atoms with Crippen molar-refractivity contribution in [3.63, 3.8) is 0 Å². The molecule has 10 amide bonds. The van der Waals surface area contributed by atoms with E-state index in [1.165, 1.54) is 85.2 Å². The summed E-state index contributed by atoms with van der Waals surface area (Å²) >= 11 is 0. The summed E-state index contributed by atoms with van der Waals surface area (Å²) in [7, 11) is 6.65. The quantitative estimate of drug-likeness (QED) is 0.0598. The van der Waals surface area contributed by atoms with Gasteiger partial charge in [0, 0.05) is 74.6 Å². The Kier molecular flexibility index (Phi) is 36.0. The number of likely N-dealkylation sites (tertiary alicyclic amines) is 5. The molecule has 6 saturated heterocycles. The van der Waals surface area contributed by atoms with E-state index in [0.29, 0.717) is 97.3 Å². The molecule has 9 fully saturated rings. The molecule has 0 radical (unpaired) electrons. The van der Waals surface area contributed by atoms with Crippen molar-refractivity contribution in [3.05, 3.63) is 47.5 Å². The molecule has 114 heavy (non-hydrogen) atoms. The van der Waals surface area contributed by atoms with Gasteiger partial charge in [0.1, 0.15) is 30.2 Å². The SMILES string of the molecule is C=C1C[C@@H](C(C)C)N(C(=O)[C@@H](NC(=O)OC)C(C)C)C1.COC(=O)N[C@H](C(=O)N1CCC[C@H]1C(C)C)C1Cc2ccccc2C1.COC(=O)N[C@H](C(=O)N1[C@H](C(C)C)CC2CCC[C@@H]21)C(C)C.COC(=O)N[C@H](C(=O)N1[C@H](C(C)C)CC2CCC[C@@H]21)C(C)C.COC(=O)N[C@H](C(=O)N1[C@H](C(C)C)CC2CCC[C@@H]21)C1CCOCC1. The maximum Gasteiger partial charge on any atom is 0.407 e. The average Bonchev–Trinajstić information content (AvgIpc) is 1.62. The van der Waals surface area contributed by atoms with Crippen LogP contribution in [-0.2, 0) is 65.2 Å². The third kappa shape index (κ3) is 23.7. The van der Waals surface area contributed by atoms with Gasteiger partial charge in [-0.15, -0.1) is 0 Å². The lowest BCUT2D eigenvalue weighted by Gasteiger charge is -2.38. The minimum Gasteiger partial charge on any atom is -0.453 e. The molecule has 10 aliphatic rings. The van der Waals surface area contributed by atoms with Gasteiger partial charge in [-0.3, -0.25) is 24.0 Å². The Bertz CT molecular complexity index is 3260. The number of hydrogen-bond donors (Lipinski definition) is 5. The molecule has 16 atom stereocenters. The van der Waals surface area contributed by atoms with Gasteiger partial charge in [-0.25, -0.2) is 24.0 Å². The van der Waals surface area contributed by atoms with Crippen LogP contribution in [0.5, 0.6) is 0 Å². The zero-order chi connectivity index (χ0) is 84.3. The molecule has 4 aliphatic carbocycles. The minimum absolute atomic E-state index is 0.00303. The highest BCUT2D eigenvalue weighted by atomic mass is 16.6. The second kappa shape index (κ2) is 43.7. The van der Waals surface area contributed by atoms with Crippen LogP contribution in [0.2, 0.25) is 0 Å². The van der Waals surface area contributed by atoms with Gasteiger partial charge in [0.25, 0.3) is 0 Å². The van der Waals surface area contributed by atoms with Gasteiger partial charge in [-0.05, 0) is 191 Å². The Morgan fingerprint density at radius 1 is 0.377 bits per heavy atom. The lowest BCUT2D eigenvalue weighted by Crippen LogP contribution is -2.56. The average molecular weight is 1600 g/mol. The number of benzene rings is 1. The maximum absolute atomic E-state index is 13.6. The first kappa shape index (κ1) is 93.8. The topological polar surface area (TPSA) is 302 Å². The first-order chi connectivity index (χ1) is 54.0. The van der Waals surface area contributed by atoms with E-state index in [-0.39, 0.29) is 77.3 Å². The number of methoxy groups -OCH3 is 5. The first-order valence-corrected chi connectivity index (χ1v) is 43.1. The highest BCUT2D eigenvalue weighted by Gasteiger charge is 2.53. The van der Waals surface area contributed by atoms with Crippen LogP contribution in [0.4, 0.5) is 24.0 Å². The Labute approximate surface area is 681 Å². The summed E-state index contributed by atoms with van der Waals surface area (Å²) in [4.78, 5) is 134. The van der Waals surface area contributed by atoms with Crippen molar-refractivity contribution in [2.24, 2.45) is 76.9 Å². The van der Waals surface area contributed by atoms with E-state index in [4.69, 9.17) is 14.2 Å². The summed E-state index contributed by atoms with van der Waals surface area (Å²) in [6.45, 7) is 40.0. The van der Waals surface area contributed by atoms with Gasteiger partial charge >= 0.3 is 30.5 Å². The fourth-order valence-electron chi connectivity index (χ4n) is 20.1. The number of nitrogens with zero attached hydrogens (tertiary/aromatic N) is 5. The molecule has 11 rings (SSSR count). The summed E-state index contributed by atoms with van der Waals surface area (Å²) in [5.74, 6) is 4.51. The highest BCUT2D eigenvalue weighted by Crippen LogP contribution is 2.47. The number of hydrogen-bond acceptors (Lipinski definition) is 16. The number of nitrogens with one attached hydrogen (secondary N) is 5. The van der Waals surface area contributed by atoms with Crippen LogP contribution < -0.4 is 26.6 Å². The van der Waals surface area contributed by atoms with Crippen LogP contribution >= 0.6 is 0 Å². The predicted molar refractivity (Wildman–Crippen MR) is 439 cm³/mol. The molecule has 644 valence electrons. The van der Waals surface area contributed by atoms with Crippen molar-refractivity contribution in [3.8, 4) is 0 Å². The summed E-state index contributed by atoms with van der Waals surface area (Å²) in [6.07, 6.45) is 17.4. The Balaban J connectivity index is 0.000000198. The largest absolute Gasteiger partial charge is 0.453 e. The Morgan fingerprint density at radius 3 is 1.07 bits per heavy atom. The van der Waals surface area contributed by atoms with E-state index in [9.17, 15) is 47.9 Å². The predicted octanol–water partition coefficient (Wildman–Crippen LogP) is 13.1.